The van der Waals surface area contributed by atoms with Crippen molar-refractivity contribution < 1.29 is 19.9 Å². The second-order valence-electron chi connectivity index (χ2n) is 9.13. The quantitative estimate of drug-likeness (QED) is 0.156. The molecule has 0 saturated carbocycles. The van der Waals surface area contributed by atoms with Gasteiger partial charge in [-0.1, -0.05) is 65.8 Å². The van der Waals surface area contributed by atoms with Gasteiger partial charge in [0.2, 0.25) is 0 Å². The molecule has 1 amide bonds. The number of carbonyl (C=O) groups excluding carboxylic acids is 1. The molecule has 0 bridgehead atoms. The minimum atomic E-state index is -1.10. The van der Waals surface area contributed by atoms with Gasteiger partial charge in [-0.2, -0.15) is 0 Å². The van der Waals surface area contributed by atoms with Gasteiger partial charge in [0.15, 0.2) is 0 Å². The van der Waals surface area contributed by atoms with Gasteiger partial charge in [-0.25, -0.2) is 0 Å². The summed E-state index contributed by atoms with van der Waals surface area (Å²) in [6.07, 6.45) is 2.17. The standard InChI is InChI=1S/C31H29N3O4/c1-20-7-3-4-12-27(20)28(18-29(34-38)25-13-14-32-21(2)15-25)24-10-5-8-22(16-24)23-9-6-11-26(17-23)31(37)33-19-30(35)36/h3-17,28,38H,18-19H2,1-2H3,(H,33,37)(H,35,36). The van der Waals surface area contributed by atoms with Gasteiger partial charge in [0.25, 0.3) is 5.91 Å². The normalized spacial score (nSPS) is 12.1. The number of oxime groups is 1. The highest BCUT2D eigenvalue weighted by Crippen LogP contribution is 2.34. The number of amides is 1. The number of pyridine rings is 1. The van der Waals surface area contributed by atoms with Crippen molar-refractivity contribution in [3.63, 3.8) is 0 Å². The van der Waals surface area contributed by atoms with Gasteiger partial charge in [-0.05, 0) is 65.9 Å². The Kier molecular flexibility index (Phi) is 8.28. The Morgan fingerprint density at radius 1 is 0.895 bits per heavy atom. The van der Waals surface area contributed by atoms with Crippen molar-refractivity contribution in [1.82, 2.24) is 10.3 Å². The first kappa shape index (κ1) is 26.3. The average molecular weight is 508 g/mol. The second-order valence-corrected chi connectivity index (χ2v) is 9.13. The van der Waals surface area contributed by atoms with E-state index in [2.05, 4.69) is 46.6 Å². The monoisotopic (exact) mass is 507 g/mol. The molecule has 0 aliphatic heterocycles. The summed E-state index contributed by atoms with van der Waals surface area (Å²) < 4.78 is 0. The number of hydrogen-bond donors (Lipinski definition) is 3. The third-order valence-corrected chi connectivity index (χ3v) is 6.46. The fourth-order valence-corrected chi connectivity index (χ4v) is 4.55. The number of nitrogens with zero attached hydrogens (tertiary/aromatic N) is 2. The molecule has 3 N–H and O–H groups in total. The van der Waals surface area contributed by atoms with Crippen molar-refractivity contribution in [3.8, 4) is 11.1 Å². The molecule has 0 aliphatic rings. The Morgan fingerprint density at radius 3 is 2.34 bits per heavy atom. The lowest BCUT2D eigenvalue weighted by molar-refractivity contribution is -0.135. The number of benzene rings is 3. The first-order chi connectivity index (χ1) is 18.4. The van der Waals surface area contributed by atoms with Crippen molar-refractivity contribution in [3.05, 3.63) is 125 Å². The Morgan fingerprint density at radius 2 is 1.63 bits per heavy atom. The van der Waals surface area contributed by atoms with E-state index in [0.717, 1.165) is 39.1 Å². The van der Waals surface area contributed by atoms with Crippen molar-refractivity contribution in [2.75, 3.05) is 6.54 Å². The Hall–Kier alpha value is -4.78. The molecule has 0 radical (unpaired) electrons. The van der Waals surface area contributed by atoms with Crippen LogP contribution in [0.4, 0.5) is 0 Å². The summed E-state index contributed by atoms with van der Waals surface area (Å²) >= 11 is 0. The van der Waals surface area contributed by atoms with E-state index in [-0.39, 0.29) is 5.92 Å². The summed E-state index contributed by atoms with van der Waals surface area (Å²) in [4.78, 5) is 27.5. The highest BCUT2D eigenvalue weighted by atomic mass is 16.4. The molecule has 1 unspecified atom stereocenters. The van der Waals surface area contributed by atoms with Crippen LogP contribution in [0.1, 0.15) is 50.6 Å². The van der Waals surface area contributed by atoms with Crippen LogP contribution in [-0.2, 0) is 4.79 Å². The van der Waals surface area contributed by atoms with E-state index in [4.69, 9.17) is 5.11 Å². The number of carboxylic acid groups (broad SMARTS) is 1. The fraction of sp³-hybridized carbons (Fsp3) is 0.161. The molecule has 7 nitrogen and oxygen atoms in total. The summed E-state index contributed by atoms with van der Waals surface area (Å²) in [5.74, 6) is -1.64. The number of aromatic nitrogens is 1. The zero-order valence-electron chi connectivity index (χ0n) is 21.3. The van der Waals surface area contributed by atoms with E-state index in [1.54, 1.807) is 24.4 Å². The van der Waals surface area contributed by atoms with Crippen LogP contribution >= 0.6 is 0 Å². The first-order valence-electron chi connectivity index (χ1n) is 12.3. The average Bonchev–Trinajstić information content (AvgIpc) is 2.93. The maximum Gasteiger partial charge on any atom is 0.322 e. The number of aliphatic carboxylic acids is 1. The van der Waals surface area contributed by atoms with Gasteiger partial charge in [0, 0.05) is 35.4 Å². The van der Waals surface area contributed by atoms with Crippen LogP contribution in [0.25, 0.3) is 11.1 Å². The molecule has 0 fully saturated rings. The second kappa shape index (κ2) is 12.0. The molecule has 0 spiro atoms. The molecule has 7 heteroatoms. The summed E-state index contributed by atoms with van der Waals surface area (Å²) in [6, 6.07) is 27.1. The van der Waals surface area contributed by atoms with Gasteiger partial charge >= 0.3 is 5.97 Å². The number of rotatable bonds is 9. The maximum atomic E-state index is 12.4. The third kappa shape index (κ3) is 6.31. The van der Waals surface area contributed by atoms with Crippen molar-refractivity contribution >= 4 is 17.6 Å². The molecule has 38 heavy (non-hydrogen) atoms. The molecule has 1 heterocycles. The Labute approximate surface area is 221 Å². The lowest BCUT2D eigenvalue weighted by Gasteiger charge is -2.22. The topological polar surface area (TPSA) is 112 Å². The molecule has 1 atom stereocenters. The number of hydrogen-bond acceptors (Lipinski definition) is 5. The molecular formula is C31H29N3O4. The highest BCUT2D eigenvalue weighted by Gasteiger charge is 2.21. The van der Waals surface area contributed by atoms with Crippen molar-refractivity contribution in [2.24, 2.45) is 5.16 Å². The van der Waals surface area contributed by atoms with E-state index in [9.17, 15) is 14.8 Å². The molecular weight excluding hydrogens is 478 g/mol. The van der Waals surface area contributed by atoms with Crippen LogP contribution in [-0.4, -0.2) is 39.4 Å². The van der Waals surface area contributed by atoms with E-state index in [1.807, 2.05) is 49.4 Å². The van der Waals surface area contributed by atoms with E-state index in [0.29, 0.717) is 17.7 Å². The smallest absolute Gasteiger partial charge is 0.322 e. The first-order valence-corrected chi connectivity index (χ1v) is 12.3. The summed E-state index contributed by atoms with van der Waals surface area (Å²) in [6.45, 7) is 3.52. The van der Waals surface area contributed by atoms with E-state index >= 15 is 0 Å². The van der Waals surface area contributed by atoms with Crippen LogP contribution in [0.5, 0.6) is 0 Å². The Bertz CT molecular complexity index is 1500. The van der Waals surface area contributed by atoms with Crippen molar-refractivity contribution in [1.29, 1.82) is 0 Å². The van der Waals surface area contributed by atoms with Gasteiger partial charge in [0.05, 0.1) is 5.71 Å². The largest absolute Gasteiger partial charge is 0.480 e. The Balaban J connectivity index is 1.72. The van der Waals surface area contributed by atoms with Crippen LogP contribution in [0.2, 0.25) is 0 Å². The third-order valence-electron chi connectivity index (χ3n) is 6.46. The van der Waals surface area contributed by atoms with Gasteiger partial charge in [-0.15, -0.1) is 0 Å². The number of carbonyl (C=O) groups is 2. The maximum absolute atomic E-state index is 12.4. The molecule has 4 rings (SSSR count). The van der Waals surface area contributed by atoms with Gasteiger partial charge < -0.3 is 15.6 Å². The molecule has 0 aliphatic carbocycles. The zero-order valence-corrected chi connectivity index (χ0v) is 21.3. The number of nitrogens with one attached hydrogen (secondary N) is 1. The summed E-state index contributed by atoms with van der Waals surface area (Å²) in [5.41, 5.74) is 7.63. The summed E-state index contributed by atoms with van der Waals surface area (Å²) in [5, 5.41) is 24.9. The molecule has 1 aromatic heterocycles. The molecule has 0 saturated heterocycles. The predicted octanol–water partition coefficient (Wildman–Crippen LogP) is 5.58. The highest BCUT2D eigenvalue weighted by molar-refractivity contribution is 6.01. The van der Waals surface area contributed by atoms with Crippen LogP contribution in [0, 0.1) is 13.8 Å². The SMILES string of the molecule is Cc1cc(C(CC(c2cccc(-c3cccc(C(=O)NCC(=O)O)c3)c2)c2ccccc2C)=NO)ccn1. The number of carboxylic acids is 1. The molecule has 4 aromatic rings. The van der Waals surface area contributed by atoms with Crippen LogP contribution in [0.3, 0.4) is 0 Å². The minimum Gasteiger partial charge on any atom is -0.480 e. The lowest BCUT2D eigenvalue weighted by atomic mass is 9.82. The zero-order chi connectivity index (χ0) is 27.1. The van der Waals surface area contributed by atoms with Crippen LogP contribution in [0.15, 0.2) is 96.3 Å². The van der Waals surface area contributed by atoms with Crippen LogP contribution < -0.4 is 5.32 Å². The number of aryl methyl sites for hydroxylation is 2. The fourth-order valence-electron chi connectivity index (χ4n) is 4.55. The molecule has 192 valence electrons. The minimum absolute atomic E-state index is 0.0995. The van der Waals surface area contributed by atoms with E-state index < -0.39 is 18.4 Å². The van der Waals surface area contributed by atoms with Crippen molar-refractivity contribution in [2.45, 2.75) is 26.2 Å². The van der Waals surface area contributed by atoms with E-state index in [1.165, 1.54) is 0 Å². The predicted molar refractivity (Wildman–Crippen MR) is 147 cm³/mol. The van der Waals surface area contributed by atoms with Gasteiger partial charge in [0.1, 0.15) is 6.54 Å². The summed E-state index contributed by atoms with van der Waals surface area (Å²) in [7, 11) is 0. The lowest BCUT2D eigenvalue weighted by Crippen LogP contribution is -2.29. The molecule has 3 aromatic carbocycles. The van der Waals surface area contributed by atoms with Gasteiger partial charge in [-0.3, -0.25) is 14.6 Å².